The Labute approximate surface area is 189 Å². The zero-order valence-electron chi connectivity index (χ0n) is 18.8. The van der Waals surface area contributed by atoms with Crippen LogP contribution >= 0.6 is 0 Å². The van der Waals surface area contributed by atoms with E-state index in [1.165, 1.54) is 12.8 Å². The second kappa shape index (κ2) is 10.3. The van der Waals surface area contributed by atoms with Crippen LogP contribution in [0.25, 0.3) is 16.5 Å². The van der Waals surface area contributed by atoms with Gasteiger partial charge < -0.3 is 16.0 Å². The Morgan fingerprint density at radius 2 is 1.91 bits per heavy atom. The zero-order chi connectivity index (χ0) is 22.3. The quantitative estimate of drug-likeness (QED) is 0.554. The minimum atomic E-state index is 0.430. The first-order chi connectivity index (χ1) is 15.6. The van der Waals surface area contributed by atoms with Gasteiger partial charge in [-0.2, -0.15) is 0 Å². The van der Waals surface area contributed by atoms with Gasteiger partial charge in [0, 0.05) is 47.9 Å². The predicted molar refractivity (Wildman–Crippen MR) is 131 cm³/mol. The predicted octanol–water partition coefficient (Wildman–Crippen LogP) is 3.88. The van der Waals surface area contributed by atoms with Gasteiger partial charge in [0.15, 0.2) is 0 Å². The normalized spacial score (nSPS) is 19.7. The number of hydrogen-bond acceptors (Lipinski definition) is 7. The highest BCUT2D eigenvalue weighted by atomic mass is 15.1. The average Bonchev–Trinajstić information content (AvgIpc) is 2.83. The molecule has 1 aromatic carbocycles. The molecular weight excluding hydrogens is 398 g/mol. The summed E-state index contributed by atoms with van der Waals surface area (Å²) in [7, 11) is 4.33. The minimum Gasteiger partial charge on any atom is -0.404 e. The first-order valence-corrected chi connectivity index (χ1v) is 11.1. The number of aliphatic imine (C=N–C) groups is 1. The summed E-state index contributed by atoms with van der Waals surface area (Å²) in [4.78, 5) is 19.9. The third kappa shape index (κ3) is 5.29. The topological polar surface area (TPSA) is 92.3 Å². The number of nitrogens with zero attached hydrogens (tertiary/aromatic N) is 5. The summed E-state index contributed by atoms with van der Waals surface area (Å²) >= 11 is 0. The third-order valence-electron chi connectivity index (χ3n) is 6.17. The van der Waals surface area contributed by atoms with Gasteiger partial charge in [0.2, 0.25) is 0 Å². The van der Waals surface area contributed by atoms with Crippen LogP contribution in [0.3, 0.4) is 0 Å². The lowest BCUT2D eigenvalue weighted by Gasteiger charge is -2.33. The summed E-state index contributed by atoms with van der Waals surface area (Å²) in [5.41, 5.74) is 9.82. The Morgan fingerprint density at radius 3 is 2.62 bits per heavy atom. The molecule has 2 aromatic heterocycles. The molecular formula is C25H31N7. The van der Waals surface area contributed by atoms with Crippen LogP contribution in [0.2, 0.25) is 0 Å². The van der Waals surface area contributed by atoms with Crippen molar-refractivity contribution in [2.24, 2.45) is 10.7 Å². The summed E-state index contributed by atoms with van der Waals surface area (Å²) in [6, 6.07) is 11.2. The molecule has 0 unspecified atom stereocenters. The number of benzene rings is 1. The van der Waals surface area contributed by atoms with Gasteiger partial charge in [-0.25, -0.2) is 9.97 Å². The van der Waals surface area contributed by atoms with Crippen LogP contribution < -0.4 is 11.1 Å². The van der Waals surface area contributed by atoms with Crippen LogP contribution in [0.5, 0.6) is 0 Å². The number of nitrogens with one attached hydrogen (secondary N) is 1. The van der Waals surface area contributed by atoms with Crippen molar-refractivity contribution in [2.45, 2.75) is 44.3 Å². The summed E-state index contributed by atoms with van der Waals surface area (Å²) in [6.45, 7) is 0.582. The molecule has 3 N–H and O–H groups in total. The standard InChI is InChI=1S/C25H31N7/c1-32(2)22-6-4-21(5-7-22)31-25-23-13-19(3-8-24(23)29-17-30-25)20(14-26)16-28-15-18-9-11-27-12-10-18/h3,8-14,16-17,21-22H,4-7,15,26H2,1-2H3,(H,29,30,31)/b20-14+,28-16?. The lowest BCUT2D eigenvalue weighted by molar-refractivity contribution is 0.221. The zero-order valence-corrected chi connectivity index (χ0v) is 18.8. The Balaban J connectivity index is 1.51. The van der Waals surface area contributed by atoms with E-state index in [0.29, 0.717) is 18.6 Å². The van der Waals surface area contributed by atoms with Crippen LogP contribution in [0.4, 0.5) is 5.82 Å². The average molecular weight is 430 g/mol. The minimum absolute atomic E-state index is 0.430. The number of aromatic nitrogens is 3. The molecule has 7 nitrogen and oxygen atoms in total. The van der Waals surface area contributed by atoms with Gasteiger partial charge in [-0.1, -0.05) is 6.07 Å². The Bertz CT molecular complexity index is 1080. The molecule has 4 rings (SSSR count). The van der Waals surface area contributed by atoms with E-state index in [1.54, 1.807) is 24.9 Å². The van der Waals surface area contributed by atoms with E-state index in [-0.39, 0.29) is 0 Å². The molecule has 32 heavy (non-hydrogen) atoms. The third-order valence-corrected chi connectivity index (χ3v) is 6.17. The highest BCUT2D eigenvalue weighted by Gasteiger charge is 2.23. The Hall–Kier alpha value is -3.32. The van der Waals surface area contributed by atoms with E-state index in [9.17, 15) is 0 Å². The summed E-state index contributed by atoms with van der Waals surface area (Å²) in [5.74, 6) is 0.884. The van der Waals surface area contributed by atoms with E-state index in [1.807, 2.05) is 30.5 Å². The molecule has 0 radical (unpaired) electrons. The van der Waals surface area contributed by atoms with Crippen LogP contribution in [0.15, 0.2) is 60.2 Å². The lowest BCUT2D eigenvalue weighted by atomic mass is 9.90. The molecule has 3 aromatic rings. The van der Waals surface area contributed by atoms with Crippen molar-refractivity contribution in [1.29, 1.82) is 0 Å². The number of anilines is 1. The monoisotopic (exact) mass is 429 g/mol. The van der Waals surface area contributed by atoms with Crippen molar-refractivity contribution in [3.8, 4) is 0 Å². The molecule has 1 fully saturated rings. The van der Waals surface area contributed by atoms with E-state index in [2.05, 4.69) is 50.3 Å². The first-order valence-electron chi connectivity index (χ1n) is 11.1. The Morgan fingerprint density at radius 1 is 1.12 bits per heavy atom. The molecule has 7 heteroatoms. The number of fused-ring (bicyclic) bond motifs is 1. The van der Waals surface area contributed by atoms with E-state index in [4.69, 9.17) is 5.73 Å². The maximum atomic E-state index is 5.94. The second-order valence-electron chi connectivity index (χ2n) is 8.51. The van der Waals surface area contributed by atoms with Crippen LogP contribution in [-0.4, -0.2) is 52.2 Å². The van der Waals surface area contributed by atoms with Gasteiger partial charge in [-0.05, 0) is 75.2 Å². The summed E-state index contributed by atoms with van der Waals surface area (Å²) < 4.78 is 0. The van der Waals surface area contributed by atoms with Crippen LogP contribution in [-0.2, 0) is 6.54 Å². The fourth-order valence-corrected chi connectivity index (χ4v) is 4.23. The molecule has 0 spiro atoms. The maximum Gasteiger partial charge on any atom is 0.137 e. The molecule has 0 atom stereocenters. The molecule has 1 aliphatic carbocycles. The number of hydrogen-bond donors (Lipinski definition) is 2. The van der Waals surface area contributed by atoms with Gasteiger partial charge in [-0.15, -0.1) is 0 Å². The molecule has 166 valence electrons. The molecule has 2 heterocycles. The number of nitrogens with two attached hydrogens (primary N) is 1. The van der Waals surface area contributed by atoms with Gasteiger partial charge >= 0.3 is 0 Å². The molecule has 0 amide bonds. The van der Waals surface area contributed by atoms with E-state index in [0.717, 1.165) is 46.3 Å². The number of pyridine rings is 1. The highest BCUT2D eigenvalue weighted by molar-refractivity contribution is 6.11. The fourth-order valence-electron chi connectivity index (χ4n) is 4.23. The smallest absolute Gasteiger partial charge is 0.137 e. The van der Waals surface area contributed by atoms with Crippen molar-refractivity contribution in [3.05, 3.63) is 66.4 Å². The largest absolute Gasteiger partial charge is 0.404 e. The van der Waals surface area contributed by atoms with Gasteiger partial charge in [-0.3, -0.25) is 9.98 Å². The summed E-state index contributed by atoms with van der Waals surface area (Å²) in [5, 5.41) is 4.67. The van der Waals surface area contributed by atoms with Crippen molar-refractivity contribution in [1.82, 2.24) is 19.9 Å². The van der Waals surface area contributed by atoms with E-state index < -0.39 is 0 Å². The molecule has 1 saturated carbocycles. The van der Waals surface area contributed by atoms with Gasteiger partial charge in [0.25, 0.3) is 0 Å². The maximum absolute atomic E-state index is 5.94. The van der Waals surface area contributed by atoms with Crippen molar-refractivity contribution < 1.29 is 0 Å². The summed E-state index contributed by atoms with van der Waals surface area (Å²) in [6.07, 6.45) is 13.3. The van der Waals surface area contributed by atoms with Gasteiger partial charge in [0.05, 0.1) is 12.1 Å². The number of rotatable bonds is 7. The van der Waals surface area contributed by atoms with Gasteiger partial charge in [0.1, 0.15) is 12.1 Å². The SMILES string of the molecule is CN(C)C1CCC(Nc2ncnc3ccc(/C(C=NCc4ccncc4)=C/N)cc23)CC1. The molecule has 0 saturated heterocycles. The van der Waals surface area contributed by atoms with Crippen LogP contribution in [0, 0.1) is 0 Å². The van der Waals surface area contributed by atoms with Crippen molar-refractivity contribution in [2.75, 3.05) is 19.4 Å². The van der Waals surface area contributed by atoms with E-state index >= 15 is 0 Å². The first kappa shape index (κ1) is 21.9. The Kier molecular flexibility index (Phi) is 7.07. The molecule has 0 aliphatic heterocycles. The molecule has 0 bridgehead atoms. The second-order valence-corrected chi connectivity index (χ2v) is 8.51. The van der Waals surface area contributed by atoms with Crippen LogP contribution in [0.1, 0.15) is 36.8 Å². The highest BCUT2D eigenvalue weighted by Crippen LogP contribution is 2.28. The van der Waals surface area contributed by atoms with Crippen molar-refractivity contribution >= 4 is 28.5 Å². The number of allylic oxidation sites excluding steroid dienone is 1. The molecule has 1 aliphatic rings. The van der Waals surface area contributed by atoms with Crippen molar-refractivity contribution in [3.63, 3.8) is 0 Å². The fraction of sp³-hybridized carbons (Fsp3) is 0.360. The lowest BCUT2D eigenvalue weighted by Crippen LogP contribution is -2.36.